The normalized spacial score (nSPS) is 21.2. The Hall–Kier alpha value is -4.39. The van der Waals surface area contributed by atoms with Gasteiger partial charge >= 0.3 is 11.4 Å². The van der Waals surface area contributed by atoms with E-state index >= 15 is 0 Å². The summed E-state index contributed by atoms with van der Waals surface area (Å²) in [4.78, 5) is 41.9. The first-order valence-electron chi connectivity index (χ1n) is 25.9. The van der Waals surface area contributed by atoms with E-state index < -0.39 is 64.3 Å². The van der Waals surface area contributed by atoms with E-state index in [0.717, 1.165) is 12.1 Å². The highest BCUT2D eigenvalue weighted by Gasteiger charge is 2.48. The molecule has 26 heteroatoms. The van der Waals surface area contributed by atoms with Crippen LogP contribution in [0.25, 0.3) is 0 Å². The maximum absolute atomic E-state index is 11.3. The molecule has 0 spiro atoms. The van der Waals surface area contributed by atoms with Gasteiger partial charge in [-0.25, -0.2) is 0 Å². The highest BCUT2D eigenvalue weighted by atomic mass is 28.4. The van der Waals surface area contributed by atoms with Crippen LogP contribution in [0.15, 0.2) is 46.6 Å². The van der Waals surface area contributed by atoms with Crippen molar-refractivity contribution in [2.24, 2.45) is 10.2 Å². The van der Waals surface area contributed by atoms with Gasteiger partial charge < -0.3 is 27.2 Å². The molecule has 0 unspecified atom stereocenters. The lowest BCUT2D eigenvalue weighted by Gasteiger charge is -2.40. The van der Waals surface area contributed by atoms with Gasteiger partial charge in [0.1, 0.15) is 23.6 Å². The van der Waals surface area contributed by atoms with E-state index in [4.69, 9.17) is 27.2 Å². The number of nitrogens with zero attached hydrogens (tertiary/aromatic N) is 6. The summed E-state index contributed by atoms with van der Waals surface area (Å²) in [5.41, 5.74) is 3.86. The van der Waals surface area contributed by atoms with Gasteiger partial charge in [-0.15, -0.1) is 0 Å². The highest BCUT2D eigenvalue weighted by Crippen LogP contribution is 2.44. The first kappa shape index (κ1) is 65.9. The molecule has 2 fully saturated rings. The Bertz CT molecular complexity index is 2230. The van der Waals surface area contributed by atoms with Gasteiger partial charge in [0, 0.05) is 50.2 Å². The number of nitro groups is 4. The third kappa shape index (κ3) is 18.4. The summed E-state index contributed by atoms with van der Waals surface area (Å²) in [5, 5.41) is 53.1. The Balaban J connectivity index is 0.000000400. The van der Waals surface area contributed by atoms with Crippen LogP contribution in [0.5, 0.6) is 0 Å². The number of ether oxygens (including phenoxy) is 2. The van der Waals surface area contributed by atoms with Crippen LogP contribution in [0.4, 0.5) is 34.1 Å². The predicted molar refractivity (Wildman–Crippen MR) is 310 cm³/mol. The van der Waals surface area contributed by atoms with E-state index in [9.17, 15) is 40.5 Å². The molecule has 2 saturated heterocycles. The minimum atomic E-state index is -2.05. The topological polar surface area (TPSA) is 277 Å². The molecule has 2 aromatic carbocycles. The van der Waals surface area contributed by atoms with Crippen molar-refractivity contribution in [3.05, 3.63) is 76.9 Å². The maximum Gasteiger partial charge on any atom is 0.301 e. The average Bonchev–Trinajstić information content (AvgIpc) is 3.84. The summed E-state index contributed by atoms with van der Waals surface area (Å²) in [7, 11) is -8.04. The number of benzene rings is 2. The molecule has 0 aromatic heterocycles. The van der Waals surface area contributed by atoms with Crippen molar-refractivity contribution < 1.29 is 46.9 Å². The van der Waals surface area contributed by atoms with Crippen LogP contribution in [0.1, 0.15) is 109 Å². The molecule has 428 valence electrons. The van der Waals surface area contributed by atoms with E-state index in [1.165, 1.54) is 24.3 Å². The molecular formula is C50H88N8O14Si4. The summed E-state index contributed by atoms with van der Waals surface area (Å²) < 4.78 is 39.3. The number of non-ortho nitro benzene ring substituents is 2. The van der Waals surface area contributed by atoms with Crippen molar-refractivity contribution >= 4 is 79.8 Å². The molecule has 0 aliphatic carbocycles. The number of anilines is 2. The van der Waals surface area contributed by atoms with Crippen molar-refractivity contribution in [2.75, 3.05) is 24.1 Å². The average molecular weight is 1140 g/mol. The van der Waals surface area contributed by atoms with Crippen LogP contribution >= 0.6 is 0 Å². The monoisotopic (exact) mass is 1140 g/mol. The Kier molecular flexibility index (Phi) is 22.2. The number of rotatable bonds is 22. The van der Waals surface area contributed by atoms with Gasteiger partial charge in [-0.05, 0) is 84.7 Å². The van der Waals surface area contributed by atoms with Crippen molar-refractivity contribution in [1.82, 2.24) is 0 Å². The number of hydrazone groups is 2. The largest absolute Gasteiger partial charge is 0.414 e. The zero-order valence-electron chi connectivity index (χ0n) is 48.7. The van der Waals surface area contributed by atoms with Crippen LogP contribution in [0, 0.1) is 40.5 Å². The van der Waals surface area contributed by atoms with Crippen LogP contribution in [-0.4, -0.2) is 115 Å². The van der Waals surface area contributed by atoms with Crippen molar-refractivity contribution in [3.63, 3.8) is 0 Å². The quantitative estimate of drug-likeness (QED) is 0.0480. The number of hydrogen-bond donors (Lipinski definition) is 2. The fourth-order valence-corrected chi connectivity index (χ4v) is 11.6. The molecule has 4 rings (SSSR count). The number of nitro benzene ring substituents is 4. The van der Waals surface area contributed by atoms with Gasteiger partial charge in [0.15, 0.2) is 33.3 Å². The molecule has 0 radical (unpaired) electrons. The molecule has 2 heterocycles. The lowest BCUT2D eigenvalue weighted by atomic mass is 10.1. The fraction of sp³-hybridized carbons (Fsp3) is 0.720. The molecule has 76 heavy (non-hydrogen) atoms. The second-order valence-corrected chi connectivity index (χ2v) is 44.9. The summed E-state index contributed by atoms with van der Waals surface area (Å²) in [6.45, 7) is 45.3. The molecule has 0 amide bonds. The van der Waals surface area contributed by atoms with Crippen molar-refractivity contribution in [3.8, 4) is 0 Å². The third-order valence-corrected chi connectivity index (χ3v) is 34.0. The first-order valence-corrected chi connectivity index (χ1v) is 37.5. The lowest BCUT2D eigenvalue weighted by Crippen LogP contribution is -2.48. The van der Waals surface area contributed by atoms with Crippen LogP contribution < -0.4 is 10.9 Å². The van der Waals surface area contributed by atoms with E-state index in [2.05, 4.69) is 157 Å². The summed E-state index contributed by atoms with van der Waals surface area (Å²) >= 11 is 0. The zero-order chi connectivity index (χ0) is 58.2. The Labute approximate surface area is 453 Å². The van der Waals surface area contributed by atoms with Crippen LogP contribution in [0.3, 0.4) is 0 Å². The van der Waals surface area contributed by atoms with Gasteiger partial charge in [-0.3, -0.25) is 51.3 Å². The number of hydrogen-bond acceptors (Lipinski definition) is 18. The van der Waals surface area contributed by atoms with E-state index in [0.29, 0.717) is 38.9 Å². The standard InChI is InChI=1S/2C25H44N4O7Si2/c2*1-24(2,3)37(7,8)34-17-23-22(36-38(9,10)25(4,5)6)16-19(35-23)13-14-26-27-20-12-11-18(28(30)31)15-21(20)29(32)33/h2*11-12,14-15,19,22-23,27H,13,16-17H2,1-10H3/b2*26-14+/t2*19-,22+,23-/m11/s1. The molecule has 2 N–H and O–H groups in total. The SMILES string of the molecule is CC(C)(C)[Si](C)(C)OC[C@H]1O[C@H](C/C=N/Nc2ccc([N+](=O)[O-])cc2[N+](=O)[O-])C[C@@H]1O[Si](C)(C)C(C)(C)C.CC(C)(C)[Si](C)(C)OC[C@H]1O[C@H](C/C=N/Nc2ccc([N+](=O)[O-])cc2[N+](=O)[O-])C[C@@H]1O[Si](C)(C)C(C)(C)C. The van der Waals surface area contributed by atoms with Crippen molar-refractivity contribution in [2.45, 2.75) is 218 Å². The van der Waals surface area contributed by atoms with Gasteiger partial charge in [-0.1, -0.05) is 83.1 Å². The minimum absolute atomic E-state index is 0.0563. The van der Waals surface area contributed by atoms with Gasteiger partial charge in [-0.2, -0.15) is 10.2 Å². The predicted octanol–water partition coefficient (Wildman–Crippen LogP) is 13.7. The zero-order valence-corrected chi connectivity index (χ0v) is 52.7. The van der Waals surface area contributed by atoms with Crippen molar-refractivity contribution in [1.29, 1.82) is 0 Å². The summed E-state index contributed by atoms with van der Waals surface area (Å²) in [6, 6.07) is 6.76. The molecular weight excluding hydrogens is 1050 g/mol. The highest BCUT2D eigenvalue weighted by molar-refractivity contribution is 6.75. The summed E-state index contributed by atoms with van der Waals surface area (Å²) in [5.74, 6) is 0. The fourth-order valence-electron chi connectivity index (χ4n) is 6.90. The molecule has 2 aromatic rings. The Morgan fingerprint density at radius 3 is 1.09 bits per heavy atom. The molecule has 2 aliphatic rings. The van der Waals surface area contributed by atoms with Crippen LogP contribution in [0.2, 0.25) is 72.5 Å². The molecule has 0 saturated carbocycles. The third-order valence-electron chi connectivity index (χ3n) is 16.0. The molecule has 0 bridgehead atoms. The van der Waals surface area contributed by atoms with Crippen LogP contribution in [-0.2, 0) is 27.2 Å². The van der Waals surface area contributed by atoms with E-state index in [-0.39, 0.29) is 79.5 Å². The first-order chi connectivity index (χ1) is 34.5. The second-order valence-electron chi connectivity index (χ2n) is 25.8. The van der Waals surface area contributed by atoms with Gasteiger partial charge in [0.2, 0.25) is 0 Å². The number of nitrogens with one attached hydrogen (secondary N) is 2. The minimum Gasteiger partial charge on any atom is -0.414 e. The Morgan fingerprint density at radius 2 is 0.829 bits per heavy atom. The second kappa shape index (κ2) is 25.6. The van der Waals surface area contributed by atoms with Gasteiger partial charge in [0.25, 0.3) is 11.4 Å². The van der Waals surface area contributed by atoms with E-state index in [1.807, 2.05) is 0 Å². The van der Waals surface area contributed by atoms with E-state index in [1.54, 1.807) is 12.4 Å². The lowest BCUT2D eigenvalue weighted by molar-refractivity contribution is -0.393. The maximum atomic E-state index is 11.3. The molecule has 22 nitrogen and oxygen atoms in total. The Morgan fingerprint density at radius 1 is 0.526 bits per heavy atom. The summed E-state index contributed by atoms with van der Waals surface area (Å²) in [6.07, 6.45) is 4.69. The van der Waals surface area contributed by atoms with Gasteiger partial charge in [0.05, 0.1) is 69.5 Å². The molecule has 2 aliphatic heterocycles. The molecule has 6 atom stereocenters. The smallest absolute Gasteiger partial charge is 0.301 e.